The molecule has 2 rings (SSSR count). The van der Waals surface area contributed by atoms with Gasteiger partial charge < -0.3 is 9.84 Å². The Kier molecular flexibility index (Phi) is 5.02. The maximum absolute atomic E-state index is 11.3. The first-order valence-electron chi connectivity index (χ1n) is 6.09. The summed E-state index contributed by atoms with van der Waals surface area (Å²) >= 11 is 1.52. The summed E-state index contributed by atoms with van der Waals surface area (Å²) in [5, 5.41) is 10.5. The van der Waals surface area contributed by atoms with Crippen LogP contribution in [0.2, 0.25) is 0 Å². The normalized spacial score (nSPS) is 10.8. The molecule has 1 aromatic carbocycles. The predicted molar refractivity (Wildman–Crippen MR) is 82.2 cm³/mol. The fourth-order valence-electron chi connectivity index (χ4n) is 1.60. The molecule has 2 aromatic rings. The van der Waals surface area contributed by atoms with Crippen LogP contribution in [0.15, 0.2) is 40.6 Å². The molecule has 0 spiro atoms. The van der Waals surface area contributed by atoms with Crippen molar-refractivity contribution < 1.29 is 18.3 Å². The molecule has 0 saturated carbocycles. The van der Waals surface area contributed by atoms with Gasteiger partial charge in [-0.15, -0.1) is 11.3 Å². The molecule has 0 unspecified atom stereocenters. The van der Waals surface area contributed by atoms with Crippen LogP contribution in [-0.4, -0.2) is 26.4 Å². The van der Waals surface area contributed by atoms with Gasteiger partial charge >= 0.3 is 0 Å². The molecule has 21 heavy (non-hydrogen) atoms. The highest BCUT2D eigenvalue weighted by atomic mass is 32.2. The zero-order valence-electron chi connectivity index (χ0n) is 11.4. The molecule has 1 aromatic heterocycles. The van der Waals surface area contributed by atoms with Gasteiger partial charge in [0, 0.05) is 22.1 Å². The molecular weight excluding hydrogens is 308 g/mol. The van der Waals surface area contributed by atoms with Gasteiger partial charge in [-0.2, -0.15) is 0 Å². The van der Waals surface area contributed by atoms with Crippen LogP contribution in [-0.2, 0) is 16.4 Å². The van der Waals surface area contributed by atoms with Gasteiger partial charge in [-0.05, 0) is 30.3 Å². The van der Waals surface area contributed by atoms with Crippen LogP contribution in [0, 0.1) is 11.8 Å². The molecule has 110 valence electrons. The highest BCUT2D eigenvalue weighted by molar-refractivity contribution is 7.90. The van der Waals surface area contributed by atoms with Crippen molar-refractivity contribution in [3.8, 4) is 17.6 Å². The van der Waals surface area contributed by atoms with E-state index < -0.39 is 9.84 Å². The van der Waals surface area contributed by atoms with Gasteiger partial charge in [-0.1, -0.05) is 11.8 Å². The van der Waals surface area contributed by atoms with Crippen LogP contribution in [0.1, 0.15) is 10.4 Å². The molecule has 6 heteroatoms. The number of thiophene rings is 1. The van der Waals surface area contributed by atoms with Crippen molar-refractivity contribution >= 4 is 21.2 Å². The standard InChI is InChI=1S/C15H14O4S2/c1-21(17,18)15-6-4-13(5-7-15)19-10-14-9-12(11-20-14)3-2-8-16/h4-7,9,11,16H,8,10H2,1H3. The Balaban J connectivity index is 1.98. The lowest BCUT2D eigenvalue weighted by Crippen LogP contribution is -1.97. The lowest BCUT2D eigenvalue weighted by atomic mass is 10.3. The van der Waals surface area contributed by atoms with Crippen molar-refractivity contribution in [3.63, 3.8) is 0 Å². The van der Waals surface area contributed by atoms with Gasteiger partial charge in [0.25, 0.3) is 0 Å². The van der Waals surface area contributed by atoms with Gasteiger partial charge in [-0.3, -0.25) is 0 Å². The van der Waals surface area contributed by atoms with Crippen LogP contribution in [0.3, 0.4) is 0 Å². The summed E-state index contributed by atoms with van der Waals surface area (Å²) in [5.74, 6) is 6.02. The molecule has 0 aliphatic carbocycles. The summed E-state index contributed by atoms with van der Waals surface area (Å²) in [6.45, 7) is 0.234. The number of sulfone groups is 1. The molecule has 0 atom stereocenters. The number of ether oxygens (including phenoxy) is 1. The smallest absolute Gasteiger partial charge is 0.175 e. The summed E-state index contributed by atoms with van der Waals surface area (Å²) in [6.07, 6.45) is 1.17. The third kappa shape index (κ3) is 4.60. The first-order valence-corrected chi connectivity index (χ1v) is 8.86. The number of rotatable bonds is 4. The summed E-state index contributed by atoms with van der Waals surface area (Å²) in [4.78, 5) is 1.27. The van der Waals surface area contributed by atoms with Gasteiger partial charge in [0.05, 0.1) is 4.90 Å². The molecule has 0 saturated heterocycles. The summed E-state index contributed by atoms with van der Waals surface area (Å²) in [7, 11) is -3.18. The predicted octanol–water partition coefficient (Wildman–Crippen LogP) is 2.07. The van der Waals surface area contributed by atoms with E-state index in [2.05, 4.69) is 11.8 Å². The minimum absolute atomic E-state index is 0.158. The largest absolute Gasteiger partial charge is 0.488 e. The molecule has 0 bridgehead atoms. The molecule has 1 N–H and O–H groups in total. The average Bonchev–Trinajstić information content (AvgIpc) is 2.90. The number of aliphatic hydroxyl groups excluding tert-OH is 1. The molecule has 0 fully saturated rings. The minimum Gasteiger partial charge on any atom is -0.488 e. The Morgan fingerprint density at radius 2 is 2.00 bits per heavy atom. The van der Waals surface area contributed by atoms with E-state index in [4.69, 9.17) is 9.84 Å². The van der Waals surface area contributed by atoms with Crippen LogP contribution < -0.4 is 4.74 Å². The quantitative estimate of drug-likeness (QED) is 0.875. The van der Waals surface area contributed by atoms with E-state index >= 15 is 0 Å². The first-order chi connectivity index (χ1) is 9.99. The summed E-state index contributed by atoms with van der Waals surface area (Å²) in [6, 6.07) is 8.22. The van der Waals surface area contributed by atoms with E-state index in [0.29, 0.717) is 12.4 Å². The monoisotopic (exact) mass is 322 g/mol. The molecule has 0 aliphatic heterocycles. The summed E-state index contributed by atoms with van der Waals surface area (Å²) in [5.41, 5.74) is 0.847. The van der Waals surface area contributed by atoms with Gasteiger partial charge in [0.1, 0.15) is 19.0 Å². The van der Waals surface area contributed by atoms with E-state index in [1.54, 1.807) is 12.1 Å². The van der Waals surface area contributed by atoms with Gasteiger partial charge in [-0.25, -0.2) is 8.42 Å². The zero-order chi connectivity index (χ0) is 15.3. The molecule has 1 heterocycles. The maximum atomic E-state index is 11.3. The van der Waals surface area contributed by atoms with Crippen molar-refractivity contribution in [3.05, 3.63) is 46.2 Å². The van der Waals surface area contributed by atoms with Crippen LogP contribution in [0.4, 0.5) is 0 Å². The molecule has 0 radical (unpaired) electrons. The topological polar surface area (TPSA) is 63.6 Å². The first kappa shape index (κ1) is 15.6. The van der Waals surface area contributed by atoms with Crippen LogP contribution >= 0.6 is 11.3 Å². The van der Waals surface area contributed by atoms with Crippen LogP contribution in [0.5, 0.6) is 5.75 Å². The minimum atomic E-state index is -3.18. The number of benzene rings is 1. The van der Waals surface area contributed by atoms with Crippen molar-refractivity contribution in [2.45, 2.75) is 11.5 Å². The summed E-state index contributed by atoms with van der Waals surface area (Å²) < 4.78 is 28.3. The molecule has 4 nitrogen and oxygen atoms in total. The second-order valence-electron chi connectivity index (χ2n) is 4.29. The Hall–Kier alpha value is -1.81. The van der Waals surface area contributed by atoms with E-state index in [1.165, 1.54) is 29.7 Å². The van der Waals surface area contributed by atoms with Crippen molar-refractivity contribution in [2.75, 3.05) is 12.9 Å². The fourth-order valence-corrected chi connectivity index (χ4v) is 2.96. The van der Waals surface area contributed by atoms with Crippen LogP contribution in [0.25, 0.3) is 0 Å². The van der Waals surface area contributed by atoms with Crippen molar-refractivity contribution in [1.29, 1.82) is 0 Å². The maximum Gasteiger partial charge on any atom is 0.175 e. The lowest BCUT2D eigenvalue weighted by molar-refractivity contribution is 0.309. The lowest BCUT2D eigenvalue weighted by Gasteiger charge is -2.05. The third-order valence-corrected chi connectivity index (χ3v) is 4.64. The Labute approximate surface area is 127 Å². The second kappa shape index (κ2) is 6.76. The third-order valence-electron chi connectivity index (χ3n) is 2.60. The van der Waals surface area contributed by atoms with E-state index in [-0.39, 0.29) is 11.5 Å². The van der Waals surface area contributed by atoms with E-state index in [9.17, 15) is 8.42 Å². The number of aliphatic hydroxyl groups is 1. The van der Waals surface area contributed by atoms with Gasteiger partial charge in [0.15, 0.2) is 9.84 Å². The zero-order valence-corrected chi connectivity index (χ0v) is 13.0. The van der Waals surface area contributed by atoms with Gasteiger partial charge in [0.2, 0.25) is 0 Å². The molecular formula is C15H14O4S2. The van der Waals surface area contributed by atoms with E-state index in [1.807, 2.05) is 11.4 Å². The average molecular weight is 322 g/mol. The Morgan fingerprint density at radius 3 is 2.62 bits per heavy atom. The van der Waals surface area contributed by atoms with E-state index in [0.717, 1.165) is 10.4 Å². The SMILES string of the molecule is CS(=O)(=O)c1ccc(OCc2cc(C#CCO)cs2)cc1. The Bertz CT molecular complexity index is 762. The highest BCUT2D eigenvalue weighted by Crippen LogP contribution is 2.19. The van der Waals surface area contributed by atoms with Crippen molar-refractivity contribution in [1.82, 2.24) is 0 Å². The molecule has 0 amide bonds. The molecule has 0 aliphatic rings. The highest BCUT2D eigenvalue weighted by Gasteiger charge is 2.06. The second-order valence-corrected chi connectivity index (χ2v) is 7.31. The number of hydrogen-bond acceptors (Lipinski definition) is 5. The fraction of sp³-hybridized carbons (Fsp3) is 0.200. The number of hydrogen-bond donors (Lipinski definition) is 1. The Morgan fingerprint density at radius 1 is 1.29 bits per heavy atom. The van der Waals surface area contributed by atoms with Crippen molar-refractivity contribution in [2.24, 2.45) is 0 Å².